The lowest BCUT2D eigenvalue weighted by molar-refractivity contribution is -0.137. The highest BCUT2D eigenvalue weighted by molar-refractivity contribution is 7.90. The molecule has 0 bridgehead atoms. The minimum Gasteiger partial charge on any atom is -0.383 e. The highest BCUT2D eigenvalue weighted by atomic mass is 35.5. The zero-order chi connectivity index (χ0) is 30.7. The zero-order valence-electron chi connectivity index (χ0n) is 23.0. The molecule has 2 aromatic heterocycles. The minimum absolute atomic E-state index is 0.0111. The molecule has 224 valence electrons. The van der Waals surface area contributed by atoms with Gasteiger partial charge >= 0.3 is 6.18 Å². The molecule has 0 spiro atoms. The summed E-state index contributed by atoms with van der Waals surface area (Å²) in [5.41, 5.74) is 0.712. The van der Waals surface area contributed by atoms with Gasteiger partial charge in [0.05, 0.1) is 40.6 Å². The third-order valence-corrected chi connectivity index (χ3v) is 8.72. The molecule has 1 amide bonds. The summed E-state index contributed by atoms with van der Waals surface area (Å²) in [6.45, 7) is 6.48. The zero-order valence-corrected chi connectivity index (χ0v) is 25.4. The monoisotopic (exact) mass is 634 g/mol. The van der Waals surface area contributed by atoms with E-state index in [2.05, 4.69) is 10.5 Å². The van der Waals surface area contributed by atoms with E-state index in [1.807, 2.05) is 20.8 Å². The Balaban J connectivity index is 0.000000241. The second-order valence-electron chi connectivity index (χ2n) is 9.71. The molecule has 0 saturated heterocycles. The molecule has 1 saturated carbocycles. The number of aromatic nitrogens is 1. The van der Waals surface area contributed by atoms with Crippen LogP contribution in [-0.4, -0.2) is 57.2 Å². The van der Waals surface area contributed by atoms with E-state index < -0.39 is 32.3 Å². The third-order valence-electron chi connectivity index (χ3n) is 6.34. The fourth-order valence-electron chi connectivity index (χ4n) is 4.29. The minimum atomic E-state index is -4.71. The van der Waals surface area contributed by atoms with Crippen molar-refractivity contribution in [2.24, 2.45) is 0 Å². The van der Waals surface area contributed by atoms with Crippen LogP contribution in [-0.2, 0) is 25.5 Å². The van der Waals surface area contributed by atoms with Crippen LogP contribution in [0.5, 0.6) is 0 Å². The van der Waals surface area contributed by atoms with Gasteiger partial charge in [0.25, 0.3) is 0 Å². The number of hydrogen-bond donors (Lipinski definition) is 0. The fraction of sp³-hybridized carbons (Fsp3) is 0.444. The molecule has 41 heavy (non-hydrogen) atoms. The molecule has 1 fully saturated rings. The molecular weight excluding hydrogens is 605 g/mol. The van der Waals surface area contributed by atoms with Crippen LogP contribution in [0, 0.1) is 13.8 Å². The first kappa shape index (κ1) is 32.8. The van der Waals surface area contributed by atoms with Crippen molar-refractivity contribution in [3.05, 3.63) is 62.7 Å². The Labute approximate surface area is 245 Å². The summed E-state index contributed by atoms with van der Waals surface area (Å²) < 4.78 is 72.4. The van der Waals surface area contributed by atoms with Gasteiger partial charge in [0.2, 0.25) is 5.91 Å². The van der Waals surface area contributed by atoms with Crippen LogP contribution < -0.4 is 4.90 Å². The van der Waals surface area contributed by atoms with Gasteiger partial charge in [-0.25, -0.2) is 8.42 Å². The van der Waals surface area contributed by atoms with Crippen molar-refractivity contribution >= 4 is 50.2 Å². The molecule has 14 heteroatoms. The number of rotatable bonds is 9. The van der Waals surface area contributed by atoms with E-state index in [0.717, 1.165) is 41.3 Å². The molecule has 4 rings (SSSR count). The summed E-state index contributed by atoms with van der Waals surface area (Å²) in [4.78, 5) is 26.8. The van der Waals surface area contributed by atoms with Gasteiger partial charge in [-0.1, -0.05) is 5.16 Å². The molecule has 8 nitrogen and oxygen atoms in total. The SMILES string of the molecule is COCC(C)N(C(=O)CCl)c1c(C)csc1C.CS(=O)(=O)c1cc(C(F)(F)F)ccc1C(=O)c1cnoc1C1CC1. The Kier molecular flexibility index (Phi) is 10.4. The van der Waals surface area contributed by atoms with E-state index in [1.165, 1.54) is 6.20 Å². The van der Waals surface area contributed by atoms with Crippen LogP contribution in [0.1, 0.15) is 63.4 Å². The van der Waals surface area contributed by atoms with Crippen LogP contribution in [0.2, 0.25) is 0 Å². The van der Waals surface area contributed by atoms with Crippen molar-refractivity contribution in [2.45, 2.75) is 56.6 Å². The average Bonchev–Trinajstić information content (AvgIpc) is 3.54. The number of ether oxygens (including phenoxy) is 1. The number of carbonyl (C=O) groups excluding carboxylic acids is 2. The molecule has 2 heterocycles. The number of alkyl halides is 4. The number of nitrogens with zero attached hydrogens (tertiary/aromatic N) is 2. The lowest BCUT2D eigenvalue weighted by Gasteiger charge is -2.29. The number of thiophene rings is 1. The van der Waals surface area contributed by atoms with E-state index in [4.69, 9.17) is 20.9 Å². The van der Waals surface area contributed by atoms with E-state index in [-0.39, 0.29) is 34.9 Å². The normalized spacial score (nSPS) is 14.3. The number of aryl methyl sites for hydroxylation is 2. The first-order valence-corrected chi connectivity index (χ1v) is 15.7. The van der Waals surface area contributed by atoms with Gasteiger partial charge in [0.1, 0.15) is 5.88 Å². The first-order chi connectivity index (χ1) is 19.1. The number of benzene rings is 1. The predicted octanol–water partition coefficient (Wildman–Crippen LogP) is 6.18. The smallest absolute Gasteiger partial charge is 0.383 e. The number of halogens is 4. The molecule has 0 N–H and O–H groups in total. The van der Waals surface area contributed by atoms with Gasteiger partial charge in [0.15, 0.2) is 21.4 Å². The van der Waals surface area contributed by atoms with Crippen LogP contribution in [0.3, 0.4) is 0 Å². The van der Waals surface area contributed by atoms with Crippen LogP contribution in [0.4, 0.5) is 18.9 Å². The summed E-state index contributed by atoms with van der Waals surface area (Å²) in [6.07, 6.45) is -1.14. The lowest BCUT2D eigenvalue weighted by atomic mass is 10.0. The lowest BCUT2D eigenvalue weighted by Crippen LogP contribution is -2.42. The quantitative estimate of drug-likeness (QED) is 0.204. The topological polar surface area (TPSA) is 107 Å². The van der Waals surface area contributed by atoms with Crippen LogP contribution in [0.15, 0.2) is 39.2 Å². The van der Waals surface area contributed by atoms with Gasteiger partial charge in [-0.15, -0.1) is 22.9 Å². The largest absolute Gasteiger partial charge is 0.416 e. The molecular formula is C27H30ClF3N2O6S2. The molecule has 1 aliphatic carbocycles. The van der Waals surface area contributed by atoms with Gasteiger partial charge in [-0.3, -0.25) is 9.59 Å². The van der Waals surface area contributed by atoms with E-state index in [9.17, 15) is 31.2 Å². The number of hydrogen-bond acceptors (Lipinski definition) is 8. The fourth-order valence-corrected chi connectivity index (χ4v) is 6.16. The molecule has 1 aromatic carbocycles. The predicted molar refractivity (Wildman–Crippen MR) is 150 cm³/mol. The number of ketones is 1. The van der Waals surface area contributed by atoms with Gasteiger partial charge in [-0.05, 0) is 62.8 Å². The molecule has 1 unspecified atom stereocenters. The molecule has 3 aromatic rings. The van der Waals surface area contributed by atoms with Gasteiger partial charge < -0.3 is 14.2 Å². The molecule has 1 atom stereocenters. The number of carbonyl (C=O) groups is 2. The number of anilines is 1. The van der Waals surface area contributed by atoms with Crippen molar-refractivity contribution < 1.29 is 40.4 Å². The average molecular weight is 635 g/mol. The van der Waals surface area contributed by atoms with Crippen LogP contribution >= 0.6 is 22.9 Å². The number of amides is 1. The summed E-state index contributed by atoms with van der Waals surface area (Å²) in [5.74, 6) is -0.418. The van der Waals surface area contributed by atoms with E-state index >= 15 is 0 Å². The Morgan fingerprint density at radius 2 is 1.90 bits per heavy atom. The highest BCUT2D eigenvalue weighted by Gasteiger charge is 2.36. The van der Waals surface area contributed by atoms with Crippen molar-refractivity contribution in [3.63, 3.8) is 0 Å². The molecule has 0 radical (unpaired) electrons. The summed E-state index contributed by atoms with van der Waals surface area (Å²) in [5, 5.41) is 5.61. The molecule has 1 aliphatic rings. The van der Waals surface area contributed by atoms with Crippen molar-refractivity contribution in [1.82, 2.24) is 5.16 Å². The Bertz CT molecular complexity index is 1490. The van der Waals surface area contributed by atoms with Gasteiger partial charge in [-0.2, -0.15) is 13.2 Å². The Hall–Kier alpha value is -2.74. The van der Waals surface area contributed by atoms with E-state index in [0.29, 0.717) is 24.5 Å². The van der Waals surface area contributed by atoms with Crippen LogP contribution in [0.25, 0.3) is 0 Å². The maximum Gasteiger partial charge on any atom is 0.416 e. The highest BCUT2D eigenvalue weighted by Crippen LogP contribution is 2.42. The summed E-state index contributed by atoms with van der Waals surface area (Å²) in [7, 11) is -2.41. The third kappa shape index (κ3) is 7.76. The number of sulfone groups is 1. The standard InChI is InChI=1S/C15H12F3NO4S.C12H18ClNO2S/c1-24(21,22)12-6-9(15(16,17)18)4-5-10(12)13(20)11-7-19-23-14(11)8-2-3-8;1-8-7-17-10(3)12(8)14(11(15)5-13)9(2)6-16-4/h4-8H,2-3H2,1H3;7,9H,5-6H2,1-4H3. The Morgan fingerprint density at radius 1 is 1.24 bits per heavy atom. The van der Waals surface area contributed by atoms with Gasteiger partial charge in [0, 0.05) is 29.7 Å². The summed E-state index contributed by atoms with van der Waals surface area (Å²) >= 11 is 7.33. The summed E-state index contributed by atoms with van der Waals surface area (Å²) in [6, 6.07) is 2.03. The maximum atomic E-state index is 12.8. The maximum absolute atomic E-state index is 12.8. The number of methoxy groups -OCH3 is 1. The van der Waals surface area contributed by atoms with Crippen molar-refractivity contribution in [2.75, 3.05) is 30.8 Å². The second kappa shape index (κ2) is 13.1. The first-order valence-electron chi connectivity index (χ1n) is 12.4. The second-order valence-corrected chi connectivity index (χ2v) is 13.0. The van der Waals surface area contributed by atoms with E-state index in [1.54, 1.807) is 23.3 Å². The Morgan fingerprint density at radius 3 is 2.39 bits per heavy atom. The molecule has 0 aliphatic heterocycles. The van der Waals surface area contributed by atoms with Crippen molar-refractivity contribution in [3.8, 4) is 0 Å². The van der Waals surface area contributed by atoms with Crippen molar-refractivity contribution in [1.29, 1.82) is 0 Å².